The van der Waals surface area contributed by atoms with Crippen LogP contribution in [0.25, 0.3) is 0 Å². The topological polar surface area (TPSA) is 78.8 Å². The first-order valence-electron chi connectivity index (χ1n) is 8.35. The zero-order valence-corrected chi connectivity index (χ0v) is 15.2. The Morgan fingerprint density at radius 3 is 2.69 bits per heavy atom. The van der Waals surface area contributed by atoms with Gasteiger partial charge in [0.2, 0.25) is 0 Å². The first-order valence-corrected chi connectivity index (χ1v) is 9.23. The van der Waals surface area contributed by atoms with E-state index in [9.17, 15) is 14.7 Å². The van der Waals surface area contributed by atoms with Gasteiger partial charge < -0.3 is 5.11 Å². The van der Waals surface area contributed by atoms with Gasteiger partial charge in [-0.2, -0.15) is 5.10 Å². The molecule has 0 saturated heterocycles. The van der Waals surface area contributed by atoms with Crippen LogP contribution in [-0.2, 0) is 9.59 Å². The monoisotopic (exact) mass is 368 g/mol. The lowest BCUT2D eigenvalue weighted by Gasteiger charge is -2.38. The van der Waals surface area contributed by atoms with Crippen molar-refractivity contribution in [3.63, 3.8) is 0 Å². The number of benzene rings is 1. The molecule has 0 radical (unpaired) electrons. The zero-order valence-electron chi connectivity index (χ0n) is 14.4. The Bertz CT molecular complexity index is 843. The molecule has 0 spiro atoms. The van der Waals surface area contributed by atoms with Crippen LogP contribution in [0.15, 0.2) is 64.6 Å². The molecule has 2 N–H and O–H groups in total. The van der Waals surface area contributed by atoms with Crippen LogP contribution in [0, 0.1) is 5.41 Å². The SMILES string of the molecule is CC1=CC[C@@](C(=O)O)(C(=O)N/N=C\c2cccs2)[C@@H](c2ccccc2)C1. The molecule has 0 bridgehead atoms. The molecule has 1 aliphatic rings. The molecule has 5 nitrogen and oxygen atoms in total. The molecule has 2 aromatic rings. The van der Waals surface area contributed by atoms with Crippen LogP contribution in [0.4, 0.5) is 0 Å². The highest BCUT2D eigenvalue weighted by atomic mass is 32.1. The van der Waals surface area contributed by atoms with Crippen LogP contribution in [0.2, 0.25) is 0 Å². The first-order chi connectivity index (χ1) is 12.5. The van der Waals surface area contributed by atoms with Gasteiger partial charge in [0, 0.05) is 10.8 Å². The minimum atomic E-state index is -1.58. The summed E-state index contributed by atoms with van der Waals surface area (Å²) in [6, 6.07) is 13.1. The summed E-state index contributed by atoms with van der Waals surface area (Å²) in [5, 5.41) is 15.9. The highest BCUT2D eigenvalue weighted by Crippen LogP contribution is 2.47. The molecule has 1 heterocycles. The Kier molecular flexibility index (Phi) is 5.32. The number of carbonyl (C=O) groups is 2. The third-order valence-electron chi connectivity index (χ3n) is 4.78. The third-order valence-corrected chi connectivity index (χ3v) is 5.59. The number of carboxylic acids is 1. The first kappa shape index (κ1) is 18.1. The lowest BCUT2D eigenvalue weighted by atomic mass is 9.64. The van der Waals surface area contributed by atoms with Crippen molar-refractivity contribution in [3.8, 4) is 0 Å². The number of hydrazone groups is 1. The Morgan fingerprint density at radius 2 is 2.04 bits per heavy atom. The summed E-state index contributed by atoms with van der Waals surface area (Å²) in [6.45, 7) is 1.97. The molecule has 0 fully saturated rings. The lowest BCUT2D eigenvalue weighted by molar-refractivity contribution is -0.158. The van der Waals surface area contributed by atoms with Gasteiger partial charge in [0.25, 0.3) is 5.91 Å². The summed E-state index contributed by atoms with van der Waals surface area (Å²) in [5.41, 5.74) is 2.81. The molecule has 134 valence electrons. The fourth-order valence-corrected chi connectivity index (χ4v) is 3.93. The normalized spacial score (nSPS) is 22.8. The van der Waals surface area contributed by atoms with E-state index in [-0.39, 0.29) is 6.42 Å². The maximum atomic E-state index is 12.9. The predicted molar refractivity (Wildman–Crippen MR) is 102 cm³/mol. The fourth-order valence-electron chi connectivity index (χ4n) is 3.35. The summed E-state index contributed by atoms with van der Waals surface area (Å²) in [6.07, 6.45) is 4.04. The molecule has 26 heavy (non-hydrogen) atoms. The van der Waals surface area contributed by atoms with Gasteiger partial charge in [0.05, 0.1) is 6.21 Å². The zero-order chi connectivity index (χ0) is 18.6. The van der Waals surface area contributed by atoms with Gasteiger partial charge in [-0.1, -0.05) is 48.0 Å². The summed E-state index contributed by atoms with van der Waals surface area (Å²) in [5.74, 6) is -2.16. The lowest BCUT2D eigenvalue weighted by Crippen LogP contribution is -2.50. The minimum absolute atomic E-state index is 0.147. The number of nitrogens with zero attached hydrogens (tertiary/aromatic N) is 1. The Labute approximate surface area is 156 Å². The average molecular weight is 368 g/mol. The molecule has 0 aliphatic heterocycles. The van der Waals surface area contributed by atoms with Crippen molar-refractivity contribution >= 4 is 29.4 Å². The van der Waals surface area contributed by atoms with Crippen LogP contribution in [0.3, 0.4) is 0 Å². The predicted octanol–water partition coefficient (Wildman–Crippen LogP) is 3.79. The van der Waals surface area contributed by atoms with Gasteiger partial charge in [-0.05, 0) is 36.8 Å². The van der Waals surface area contributed by atoms with E-state index >= 15 is 0 Å². The Balaban J connectivity index is 1.93. The summed E-state index contributed by atoms with van der Waals surface area (Å²) in [4.78, 5) is 26.1. The van der Waals surface area contributed by atoms with Crippen molar-refractivity contribution in [1.82, 2.24) is 5.43 Å². The van der Waals surface area contributed by atoms with Crippen LogP contribution >= 0.6 is 11.3 Å². The molecule has 1 aromatic carbocycles. The van der Waals surface area contributed by atoms with Crippen LogP contribution < -0.4 is 5.43 Å². The number of rotatable bonds is 5. The average Bonchev–Trinajstić information content (AvgIpc) is 3.15. The van der Waals surface area contributed by atoms with Crippen LogP contribution in [-0.4, -0.2) is 23.2 Å². The molecule has 0 saturated carbocycles. The van der Waals surface area contributed by atoms with Gasteiger partial charge in [0.1, 0.15) is 0 Å². The van der Waals surface area contributed by atoms with Crippen molar-refractivity contribution in [1.29, 1.82) is 0 Å². The number of nitrogens with one attached hydrogen (secondary N) is 1. The molecule has 2 atom stereocenters. The van der Waals surface area contributed by atoms with E-state index in [2.05, 4.69) is 10.5 Å². The van der Waals surface area contributed by atoms with E-state index in [0.29, 0.717) is 6.42 Å². The van der Waals surface area contributed by atoms with Crippen molar-refractivity contribution in [2.24, 2.45) is 10.5 Å². The van der Waals surface area contributed by atoms with Crippen molar-refractivity contribution in [2.75, 3.05) is 0 Å². The second-order valence-corrected chi connectivity index (χ2v) is 7.39. The van der Waals surface area contributed by atoms with Gasteiger partial charge in [0.15, 0.2) is 5.41 Å². The van der Waals surface area contributed by atoms with Crippen molar-refractivity contribution in [2.45, 2.75) is 25.7 Å². The second kappa shape index (κ2) is 7.66. The molecule has 3 rings (SSSR count). The van der Waals surface area contributed by atoms with Gasteiger partial charge in [-0.3, -0.25) is 9.59 Å². The van der Waals surface area contributed by atoms with Crippen molar-refractivity contribution in [3.05, 3.63) is 69.9 Å². The maximum absolute atomic E-state index is 12.9. The number of aliphatic carboxylic acids is 1. The fraction of sp³-hybridized carbons (Fsp3) is 0.250. The highest BCUT2D eigenvalue weighted by Gasteiger charge is 2.53. The largest absolute Gasteiger partial charge is 0.480 e. The van der Waals surface area contributed by atoms with Crippen LogP contribution in [0.5, 0.6) is 0 Å². The van der Waals surface area contributed by atoms with E-state index < -0.39 is 23.2 Å². The smallest absolute Gasteiger partial charge is 0.320 e. The standard InChI is InChI=1S/C20H20N2O3S/c1-14-9-10-20(19(24)25,17(12-14)15-6-3-2-4-7-15)18(23)22-21-13-16-8-5-11-26-16/h2-9,11,13,17H,10,12H2,1H3,(H,22,23)(H,24,25)/b21-13-/t17-,20+/m1/s1. The summed E-state index contributed by atoms with van der Waals surface area (Å²) < 4.78 is 0. The number of thiophene rings is 1. The van der Waals surface area contributed by atoms with E-state index in [1.165, 1.54) is 17.6 Å². The quantitative estimate of drug-likeness (QED) is 0.365. The molecular weight excluding hydrogens is 348 g/mol. The summed E-state index contributed by atoms with van der Waals surface area (Å²) in [7, 11) is 0. The van der Waals surface area contributed by atoms with Crippen molar-refractivity contribution < 1.29 is 14.7 Å². The molecule has 1 amide bonds. The Hall–Kier alpha value is -2.73. The van der Waals surface area contributed by atoms with E-state index in [1.807, 2.05) is 60.8 Å². The number of carboxylic acid groups (broad SMARTS) is 1. The van der Waals surface area contributed by atoms with Gasteiger partial charge in [-0.15, -0.1) is 11.3 Å². The minimum Gasteiger partial charge on any atom is -0.480 e. The molecule has 0 unspecified atom stereocenters. The van der Waals surface area contributed by atoms with E-state index in [1.54, 1.807) is 0 Å². The number of hydrogen-bond donors (Lipinski definition) is 2. The van der Waals surface area contributed by atoms with Crippen LogP contribution in [0.1, 0.15) is 36.1 Å². The second-order valence-electron chi connectivity index (χ2n) is 6.41. The van der Waals surface area contributed by atoms with E-state index in [4.69, 9.17) is 0 Å². The highest BCUT2D eigenvalue weighted by molar-refractivity contribution is 7.11. The number of allylic oxidation sites excluding steroid dienone is 2. The number of hydrogen-bond acceptors (Lipinski definition) is 4. The third kappa shape index (κ3) is 3.46. The van der Waals surface area contributed by atoms with E-state index in [0.717, 1.165) is 16.0 Å². The molecule has 1 aromatic heterocycles. The summed E-state index contributed by atoms with van der Waals surface area (Å²) >= 11 is 1.49. The molecule has 1 aliphatic carbocycles. The number of amides is 1. The maximum Gasteiger partial charge on any atom is 0.320 e. The van der Waals surface area contributed by atoms with Gasteiger partial charge >= 0.3 is 5.97 Å². The molecule has 6 heteroatoms. The van der Waals surface area contributed by atoms with Gasteiger partial charge in [-0.25, -0.2) is 5.43 Å². The number of carbonyl (C=O) groups excluding carboxylic acids is 1. The Morgan fingerprint density at radius 1 is 1.27 bits per heavy atom. The molecular formula is C20H20N2O3S.